The quantitative estimate of drug-likeness (QED) is 0.844. The van der Waals surface area contributed by atoms with Gasteiger partial charge < -0.3 is 14.4 Å². The summed E-state index contributed by atoms with van der Waals surface area (Å²) in [6, 6.07) is 9.66. The Morgan fingerprint density at radius 3 is 2.78 bits per heavy atom. The Kier molecular flexibility index (Phi) is 4.71. The third-order valence-electron chi connectivity index (χ3n) is 3.74. The Morgan fingerprint density at radius 1 is 1.26 bits per heavy atom. The fraction of sp³-hybridized carbons (Fsp3) is 0.294. The van der Waals surface area contributed by atoms with Crippen LogP contribution in [0.1, 0.15) is 16.5 Å². The normalized spacial score (nSPS) is 17.4. The monoisotopic (exact) mass is 330 g/mol. The molecule has 120 valence electrons. The van der Waals surface area contributed by atoms with Crippen LogP contribution in [0.25, 0.3) is 0 Å². The van der Waals surface area contributed by atoms with E-state index in [4.69, 9.17) is 9.47 Å². The van der Waals surface area contributed by atoms with Gasteiger partial charge in [-0.3, -0.25) is 9.78 Å². The lowest BCUT2D eigenvalue weighted by molar-refractivity contribution is -0.128. The molecule has 1 aromatic carbocycles. The van der Waals surface area contributed by atoms with Crippen LogP contribution in [0.15, 0.2) is 42.7 Å². The number of hydrogen-bond donors (Lipinski definition) is 0. The Balaban J connectivity index is 1.87. The fourth-order valence-electron chi connectivity index (χ4n) is 2.60. The average Bonchev–Trinajstić information content (AvgIpc) is 2.96. The Bertz CT molecular complexity index is 693. The van der Waals surface area contributed by atoms with Crippen LogP contribution < -0.4 is 9.47 Å². The van der Waals surface area contributed by atoms with E-state index in [2.05, 4.69) is 4.98 Å². The first kappa shape index (κ1) is 15.7. The summed E-state index contributed by atoms with van der Waals surface area (Å²) in [4.78, 5) is 18.3. The highest BCUT2D eigenvalue weighted by atomic mass is 32.2. The van der Waals surface area contributed by atoms with Crippen LogP contribution in [0.2, 0.25) is 0 Å². The van der Waals surface area contributed by atoms with Crippen LogP contribution in [-0.4, -0.2) is 35.8 Å². The summed E-state index contributed by atoms with van der Waals surface area (Å²) in [7, 11) is 3.22. The second-order valence-electron chi connectivity index (χ2n) is 5.16. The molecule has 1 aliphatic heterocycles. The molecule has 0 N–H and O–H groups in total. The Labute approximate surface area is 139 Å². The lowest BCUT2D eigenvalue weighted by atomic mass is 10.1. The molecular formula is C17H18N2O3S. The van der Waals surface area contributed by atoms with Gasteiger partial charge in [0.1, 0.15) is 5.37 Å². The average molecular weight is 330 g/mol. The number of hydrogen-bond acceptors (Lipinski definition) is 5. The van der Waals surface area contributed by atoms with Gasteiger partial charge in [-0.2, -0.15) is 0 Å². The molecule has 6 heteroatoms. The highest BCUT2D eigenvalue weighted by molar-refractivity contribution is 8.00. The van der Waals surface area contributed by atoms with Crippen molar-refractivity contribution in [2.24, 2.45) is 0 Å². The van der Waals surface area contributed by atoms with Crippen molar-refractivity contribution in [2.75, 3.05) is 20.0 Å². The number of pyridine rings is 1. The largest absolute Gasteiger partial charge is 0.493 e. The zero-order chi connectivity index (χ0) is 16.2. The molecule has 0 radical (unpaired) electrons. The Hall–Kier alpha value is -2.21. The van der Waals surface area contributed by atoms with Crippen LogP contribution in [-0.2, 0) is 11.3 Å². The van der Waals surface area contributed by atoms with Crippen molar-refractivity contribution in [3.8, 4) is 11.5 Å². The van der Waals surface area contributed by atoms with Gasteiger partial charge in [-0.15, -0.1) is 11.8 Å². The molecule has 1 amide bonds. The van der Waals surface area contributed by atoms with Crippen molar-refractivity contribution < 1.29 is 14.3 Å². The standard InChI is InChI=1S/C17H18N2O3S/c1-21-14-6-5-13(8-15(14)22-2)17-19(16(20)11-23-17)10-12-4-3-7-18-9-12/h3-9,17H,10-11H2,1-2H3. The van der Waals surface area contributed by atoms with Gasteiger partial charge in [0.05, 0.1) is 20.0 Å². The minimum Gasteiger partial charge on any atom is -0.493 e. The molecule has 1 fully saturated rings. The summed E-state index contributed by atoms with van der Waals surface area (Å²) in [5.74, 6) is 1.98. The third kappa shape index (κ3) is 3.27. The fourth-order valence-corrected chi connectivity index (χ4v) is 3.77. The molecular weight excluding hydrogens is 312 g/mol. The smallest absolute Gasteiger partial charge is 0.234 e. The molecule has 5 nitrogen and oxygen atoms in total. The lowest BCUT2D eigenvalue weighted by Crippen LogP contribution is -2.27. The Morgan fingerprint density at radius 2 is 2.09 bits per heavy atom. The highest BCUT2D eigenvalue weighted by Crippen LogP contribution is 2.42. The number of amides is 1. The van der Waals surface area contributed by atoms with Gasteiger partial charge in [0.15, 0.2) is 11.5 Å². The van der Waals surface area contributed by atoms with Gasteiger partial charge in [-0.25, -0.2) is 0 Å². The number of aromatic nitrogens is 1. The molecule has 0 bridgehead atoms. The van der Waals surface area contributed by atoms with Crippen LogP contribution in [0.3, 0.4) is 0 Å². The zero-order valence-corrected chi connectivity index (χ0v) is 13.9. The number of nitrogens with zero attached hydrogens (tertiary/aromatic N) is 2. The summed E-state index contributed by atoms with van der Waals surface area (Å²) >= 11 is 1.62. The van der Waals surface area contributed by atoms with Crippen molar-refractivity contribution >= 4 is 17.7 Å². The molecule has 1 aliphatic rings. The van der Waals surface area contributed by atoms with Gasteiger partial charge in [-0.05, 0) is 29.3 Å². The third-order valence-corrected chi connectivity index (χ3v) is 4.99. The minimum atomic E-state index is -0.0255. The maximum absolute atomic E-state index is 12.3. The van der Waals surface area contributed by atoms with E-state index in [1.54, 1.807) is 38.4 Å². The van der Waals surface area contributed by atoms with E-state index in [9.17, 15) is 4.79 Å². The second kappa shape index (κ2) is 6.91. The predicted molar refractivity (Wildman–Crippen MR) is 89.5 cm³/mol. The van der Waals surface area contributed by atoms with Gasteiger partial charge in [0.2, 0.25) is 5.91 Å². The molecule has 1 aromatic heterocycles. The number of carbonyl (C=O) groups excluding carboxylic acids is 1. The number of rotatable bonds is 5. The van der Waals surface area contributed by atoms with E-state index in [-0.39, 0.29) is 11.3 Å². The molecule has 0 saturated carbocycles. The minimum absolute atomic E-state index is 0.0255. The molecule has 1 unspecified atom stereocenters. The first-order valence-electron chi connectivity index (χ1n) is 7.25. The van der Waals surface area contributed by atoms with E-state index >= 15 is 0 Å². The van der Waals surface area contributed by atoms with Gasteiger partial charge in [0.25, 0.3) is 0 Å². The second-order valence-corrected chi connectivity index (χ2v) is 6.23. The molecule has 2 aromatic rings. The molecule has 23 heavy (non-hydrogen) atoms. The summed E-state index contributed by atoms with van der Waals surface area (Å²) in [6.45, 7) is 0.554. The number of ether oxygens (including phenoxy) is 2. The van der Waals surface area contributed by atoms with Gasteiger partial charge in [-0.1, -0.05) is 12.1 Å². The summed E-state index contributed by atoms with van der Waals surface area (Å²) in [6.07, 6.45) is 3.53. The summed E-state index contributed by atoms with van der Waals surface area (Å²) < 4.78 is 10.6. The van der Waals surface area contributed by atoms with Crippen LogP contribution in [0, 0.1) is 0 Å². The van der Waals surface area contributed by atoms with Crippen LogP contribution in [0.4, 0.5) is 0 Å². The summed E-state index contributed by atoms with van der Waals surface area (Å²) in [5.41, 5.74) is 2.05. The van der Waals surface area contributed by atoms with E-state index in [0.717, 1.165) is 11.1 Å². The molecule has 0 aliphatic carbocycles. The zero-order valence-electron chi connectivity index (χ0n) is 13.1. The molecule has 3 rings (SSSR count). The topological polar surface area (TPSA) is 51.7 Å². The van der Waals surface area contributed by atoms with Gasteiger partial charge >= 0.3 is 0 Å². The molecule has 2 heterocycles. The first-order valence-corrected chi connectivity index (χ1v) is 8.29. The van der Waals surface area contributed by atoms with Gasteiger partial charge in [0, 0.05) is 18.9 Å². The van der Waals surface area contributed by atoms with Crippen molar-refractivity contribution in [3.63, 3.8) is 0 Å². The number of carbonyl (C=O) groups is 1. The highest BCUT2D eigenvalue weighted by Gasteiger charge is 2.33. The van der Waals surface area contributed by atoms with Crippen molar-refractivity contribution in [1.29, 1.82) is 0 Å². The molecule has 1 saturated heterocycles. The van der Waals surface area contributed by atoms with E-state index in [1.165, 1.54) is 0 Å². The van der Waals surface area contributed by atoms with E-state index in [0.29, 0.717) is 23.8 Å². The molecule has 1 atom stereocenters. The maximum Gasteiger partial charge on any atom is 0.234 e. The van der Waals surface area contributed by atoms with E-state index < -0.39 is 0 Å². The predicted octanol–water partition coefficient (Wildman–Crippen LogP) is 2.87. The SMILES string of the molecule is COc1ccc(C2SCC(=O)N2Cc2cccnc2)cc1OC. The van der Waals surface area contributed by atoms with Crippen LogP contribution >= 0.6 is 11.8 Å². The number of benzene rings is 1. The number of methoxy groups -OCH3 is 2. The summed E-state index contributed by atoms with van der Waals surface area (Å²) in [5, 5.41) is -0.0255. The van der Waals surface area contributed by atoms with Crippen LogP contribution in [0.5, 0.6) is 11.5 Å². The van der Waals surface area contributed by atoms with Crippen molar-refractivity contribution in [3.05, 3.63) is 53.9 Å². The maximum atomic E-state index is 12.3. The number of thioether (sulfide) groups is 1. The lowest BCUT2D eigenvalue weighted by Gasteiger charge is -2.24. The van der Waals surface area contributed by atoms with Crippen molar-refractivity contribution in [2.45, 2.75) is 11.9 Å². The van der Waals surface area contributed by atoms with Crippen molar-refractivity contribution in [1.82, 2.24) is 9.88 Å². The first-order chi connectivity index (χ1) is 11.2. The molecule has 0 spiro atoms. The van der Waals surface area contributed by atoms with E-state index in [1.807, 2.05) is 35.2 Å².